The van der Waals surface area contributed by atoms with E-state index < -0.39 is 0 Å². The molecule has 3 nitrogen and oxygen atoms in total. The number of carbonyl (C=O) groups excluding carboxylic acids is 1. The molecular weight excluding hydrogens is 280 g/mol. The Bertz CT molecular complexity index is 555. The molecule has 1 heterocycles. The molecule has 17 heavy (non-hydrogen) atoms. The first-order valence-electron chi connectivity index (χ1n) is 5.15. The van der Waals surface area contributed by atoms with Crippen molar-refractivity contribution >= 4 is 27.5 Å². The van der Waals surface area contributed by atoms with Gasteiger partial charge in [-0.2, -0.15) is 0 Å². The Morgan fingerprint density at radius 1 is 1.24 bits per heavy atom. The lowest BCUT2D eigenvalue weighted by Gasteiger charge is -2.05. The second kappa shape index (κ2) is 5.10. The van der Waals surface area contributed by atoms with Gasteiger partial charge in [0.25, 0.3) is 0 Å². The first kappa shape index (κ1) is 11.8. The van der Waals surface area contributed by atoms with Crippen molar-refractivity contribution in [3.63, 3.8) is 0 Å². The van der Waals surface area contributed by atoms with E-state index in [0.717, 1.165) is 10.0 Å². The number of halogens is 1. The van der Waals surface area contributed by atoms with Crippen molar-refractivity contribution in [2.24, 2.45) is 0 Å². The fraction of sp³-hybridized carbons (Fsp3) is 0.0769. The number of hydrogen-bond acceptors (Lipinski definition) is 3. The number of nitrogen functional groups attached to an aromatic ring is 1. The third-order valence-electron chi connectivity index (χ3n) is 2.45. The van der Waals surface area contributed by atoms with Gasteiger partial charge >= 0.3 is 0 Å². The summed E-state index contributed by atoms with van der Waals surface area (Å²) in [6, 6.07) is 11.0. The summed E-state index contributed by atoms with van der Waals surface area (Å²) in [6.45, 7) is 0. The molecule has 0 aliphatic heterocycles. The lowest BCUT2D eigenvalue weighted by Crippen LogP contribution is -2.08. The van der Waals surface area contributed by atoms with Crippen molar-refractivity contribution in [2.75, 3.05) is 5.73 Å². The van der Waals surface area contributed by atoms with Gasteiger partial charge in [-0.05, 0) is 23.8 Å². The summed E-state index contributed by atoms with van der Waals surface area (Å²) >= 11 is 3.42. The summed E-state index contributed by atoms with van der Waals surface area (Å²) in [6.07, 6.45) is 1.89. The summed E-state index contributed by atoms with van der Waals surface area (Å²) in [7, 11) is 0. The number of nitrogens with zero attached hydrogens (tertiary/aromatic N) is 1. The molecule has 0 bridgehead atoms. The number of rotatable bonds is 3. The number of benzene rings is 1. The van der Waals surface area contributed by atoms with Gasteiger partial charge < -0.3 is 5.73 Å². The average molecular weight is 291 g/mol. The van der Waals surface area contributed by atoms with Gasteiger partial charge in [0.05, 0.1) is 5.56 Å². The van der Waals surface area contributed by atoms with Crippen molar-refractivity contribution in [1.82, 2.24) is 4.98 Å². The number of pyridine rings is 1. The zero-order valence-electron chi connectivity index (χ0n) is 9.06. The van der Waals surface area contributed by atoms with Crippen LogP contribution < -0.4 is 5.73 Å². The van der Waals surface area contributed by atoms with Crippen molar-refractivity contribution in [1.29, 1.82) is 0 Å². The summed E-state index contributed by atoms with van der Waals surface area (Å²) < 4.78 is 0.927. The summed E-state index contributed by atoms with van der Waals surface area (Å²) in [5, 5.41) is 0. The molecule has 0 unspecified atom stereocenters. The Morgan fingerprint density at radius 3 is 2.71 bits per heavy atom. The van der Waals surface area contributed by atoms with Crippen LogP contribution in [-0.4, -0.2) is 10.8 Å². The molecule has 0 fully saturated rings. The van der Waals surface area contributed by atoms with Gasteiger partial charge in [0, 0.05) is 17.1 Å². The number of aromatic nitrogens is 1. The zero-order valence-corrected chi connectivity index (χ0v) is 10.6. The number of ketones is 1. The maximum Gasteiger partial charge on any atom is 0.170 e. The summed E-state index contributed by atoms with van der Waals surface area (Å²) in [5.74, 6) is 0.257. The second-order valence-electron chi connectivity index (χ2n) is 3.63. The van der Waals surface area contributed by atoms with E-state index in [4.69, 9.17) is 5.73 Å². The highest BCUT2D eigenvalue weighted by Gasteiger charge is 2.12. The molecule has 0 aliphatic carbocycles. The average Bonchev–Trinajstić information content (AvgIpc) is 2.32. The quantitative estimate of drug-likeness (QED) is 0.885. The molecule has 2 N–H and O–H groups in total. The van der Waals surface area contributed by atoms with Gasteiger partial charge in [0.1, 0.15) is 5.82 Å². The van der Waals surface area contributed by atoms with E-state index in [-0.39, 0.29) is 11.6 Å². The molecular formula is C13H11BrN2O. The first-order valence-corrected chi connectivity index (χ1v) is 5.95. The minimum Gasteiger partial charge on any atom is -0.383 e. The van der Waals surface area contributed by atoms with Gasteiger partial charge in [-0.15, -0.1) is 0 Å². The van der Waals surface area contributed by atoms with Crippen LogP contribution in [0.3, 0.4) is 0 Å². The topological polar surface area (TPSA) is 56.0 Å². The fourth-order valence-corrected chi connectivity index (χ4v) is 1.99. The number of nitrogens with two attached hydrogens (primary N) is 1. The maximum absolute atomic E-state index is 12.0. The van der Waals surface area contributed by atoms with Crippen LogP contribution in [0.1, 0.15) is 15.9 Å². The van der Waals surface area contributed by atoms with Crippen LogP contribution in [0.2, 0.25) is 0 Å². The number of carbonyl (C=O) groups is 1. The third kappa shape index (κ3) is 2.71. The molecule has 0 aliphatic rings. The second-order valence-corrected chi connectivity index (χ2v) is 4.48. The molecule has 4 heteroatoms. The van der Waals surface area contributed by atoms with Crippen molar-refractivity contribution in [3.8, 4) is 0 Å². The van der Waals surface area contributed by atoms with Gasteiger partial charge in [-0.1, -0.05) is 34.1 Å². The van der Waals surface area contributed by atoms with Crippen LogP contribution in [0, 0.1) is 0 Å². The Labute approximate surface area is 108 Å². The monoisotopic (exact) mass is 290 g/mol. The van der Waals surface area contributed by atoms with E-state index in [0.29, 0.717) is 12.0 Å². The number of anilines is 1. The van der Waals surface area contributed by atoms with Crippen LogP contribution in [0.25, 0.3) is 0 Å². The molecule has 0 radical (unpaired) electrons. The van der Waals surface area contributed by atoms with Crippen LogP contribution in [-0.2, 0) is 6.42 Å². The lowest BCUT2D eigenvalue weighted by atomic mass is 10.0. The minimum atomic E-state index is -0.0255. The molecule has 0 atom stereocenters. The van der Waals surface area contributed by atoms with Gasteiger partial charge in [-0.25, -0.2) is 4.98 Å². The molecule has 0 amide bonds. The number of Topliss-reactive ketones (excluding diaryl/α,β-unsaturated/α-hetero) is 1. The lowest BCUT2D eigenvalue weighted by molar-refractivity contribution is 0.0993. The first-order chi connectivity index (χ1) is 8.18. The van der Waals surface area contributed by atoms with Crippen molar-refractivity contribution in [2.45, 2.75) is 6.42 Å². The Kier molecular flexibility index (Phi) is 3.54. The van der Waals surface area contributed by atoms with E-state index in [1.54, 1.807) is 18.3 Å². The predicted molar refractivity (Wildman–Crippen MR) is 70.8 cm³/mol. The van der Waals surface area contributed by atoms with Crippen LogP contribution in [0.5, 0.6) is 0 Å². The molecule has 0 saturated heterocycles. The van der Waals surface area contributed by atoms with Crippen LogP contribution >= 0.6 is 15.9 Å². The Balaban J connectivity index is 2.24. The van der Waals surface area contributed by atoms with Crippen molar-refractivity contribution in [3.05, 3.63) is 58.2 Å². The van der Waals surface area contributed by atoms with Crippen LogP contribution in [0.15, 0.2) is 47.1 Å². The normalized spacial score (nSPS) is 10.2. The van der Waals surface area contributed by atoms with Gasteiger partial charge in [0.2, 0.25) is 0 Å². The molecule has 1 aromatic carbocycles. The molecule has 0 spiro atoms. The van der Waals surface area contributed by atoms with Gasteiger partial charge in [0.15, 0.2) is 5.78 Å². The minimum absolute atomic E-state index is 0.0255. The van der Waals surface area contributed by atoms with E-state index in [2.05, 4.69) is 20.9 Å². The summed E-state index contributed by atoms with van der Waals surface area (Å²) in [5.41, 5.74) is 7.09. The Hall–Kier alpha value is -1.68. The largest absolute Gasteiger partial charge is 0.383 e. The van der Waals surface area contributed by atoms with Gasteiger partial charge in [-0.3, -0.25) is 4.79 Å². The van der Waals surface area contributed by atoms with E-state index in [9.17, 15) is 4.79 Å². The molecule has 86 valence electrons. The smallest absolute Gasteiger partial charge is 0.170 e. The molecule has 1 aromatic heterocycles. The fourth-order valence-electron chi connectivity index (χ4n) is 1.56. The number of hydrogen-bond donors (Lipinski definition) is 1. The highest BCUT2D eigenvalue weighted by atomic mass is 79.9. The van der Waals surface area contributed by atoms with Crippen molar-refractivity contribution < 1.29 is 4.79 Å². The molecule has 0 saturated carbocycles. The highest BCUT2D eigenvalue weighted by Crippen LogP contribution is 2.19. The molecule has 2 rings (SSSR count). The zero-order chi connectivity index (χ0) is 12.3. The Morgan fingerprint density at radius 2 is 2.00 bits per heavy atom. The highest BCUT2D eigenvalue weighted by molar-refractivity contribution is 9.10. The third-order valence-corrected chi connectivity index (χ3v) is 3.22. The summed E-state index contributed by atoms with van der Waals surface area (Å²) in [4.78, 5) is 16.0. The van der Waals surface area contributed by atoms with Crippen LogP contribution in [0.4, 0.5) is 5.82 Å². The van der Waals surface area contributed by atoms with E-state index >= 15 is 0 Å². The predicted octanol–water partition coefficient (Wildman–Crippen LogP) is 2.85. The maximum atomic E-state index is 12.0. The van der Waals surface area contributed by atoms with E-state index in [1.165, 1.54) is 0 Å². The van der Waals surface area contributed by atoms with E-state index in [1.807, 2.05) is 24.3 Å². The molecule has 2 aromatic rings. The standard InChI is InChI=1S/C13H11BrN2O/c14-11-6-2-1-4-9(11)8-12(17)10-5-3-7-16-13(10)15/h1-7H,8H2,(H2,15,16). The SMILES string of the molecule is Nc1ncccc1C(=O)Cc1ccccc1Br.